The van der Waals surface area contributed by atoms with Crippen molar-refractivity contribution in [3.63, 3.8) is 0 Å². The molecule has 116 valence electrons. The predicted octanol–water partition coefficient (Wildman–Crippen LogP) is 1.82. The number of nitrogens with one attached hydrogen (secondary N) is 2. The van der Waals surface area contributed by atoms with Gasteiger partial charge in [-0.3, -0.25) is 4.79 Å². The maximum atomic E-state index is 11.6. The first-order valence-corrected chi connectivity index (χ1v) is 6.98. The summed E-state index contributed by atoms with van der Waals surface area (Å²) in [6, 6.07) is 0.573. The van der Waals surface area contributed by atoms with Crippen LogP contribution in [0.15, 0.2) is 0 Å². The van der Waals surface area contributed by atoms with Gasteiger partial charge in [-0.05, 0) is 38.9 Å². The molecule has 1 amide bonds. The molecule has 6 heteroatoms. The van der Waals surface area contributed by atoms with E-state index >= 15 is 0 Å². The largest absolute Gasteiger partial charge is 0.355 e. The highest BCUT2D eigenvalue weighted by atomic mass is 35.5. The van der Waals surface area contributed by atoms with Gasteiger partial charge in [-0.1, -0.05) is 13.8 Å². The van der Waals surface area contributed by atoms with Crippen LogP contribution in [-0.2, 0) is 4.79 Å². The molecular formula is C13H29Cl2N3O. The highest BCUT2D eigenvalue weighted by Gasteiger charge is 2.14. The number of hydrogen-bond donors (Lipinski definition) is 2. The highest BCUT2D eigenvalue weighted by Crippen LogP contribution is 2.10. The van der Waals surface area contributed by atoms with Crippen molar-refractivity contribution < 1.29 is 4.79 Å². The quantitative estimate of drug-likeness (QED) is 0.718. The molecule has 1 atom stereocenters. The Morgan fingerprint density at radius 2 is 2.00 bits per heavy atom. The summed E-state index contributed by atoms with van der Waals surface area (Å²) in [6.45, 7) is 9.26. The summed E-state index contributed by atoms with van der Waals surface area (Å²) >= 11 is 0. The number of halogens is 2. The van der Waals surface area contributed by atoms with Crippen molar-refractivity contribution in [1.29, 1.82) is 0 Å². The van der Waals surface area contributed by atoms with E-state index in [0.29, 0.717) is 12.5 Å². The third kappa shape index (κ3) is 9.50. The van der Waals surface area contributed by atoms with Crippen LogP contribution in [0.1, 0.15) is 39.5 Å². The normalized spacial score (nSPS) is 17.7. The Morgan fingerprint density at radius 1 is 1.32 bits per heavy atom. The van der Waals surface area contributed by atoms with Gasteiger partial charge in [-0.15, -0.1) is 24.8 Å². The number of likely N-dealkylation sites (N-methyl/N-ethyl adjacent to an activating group) is 1. The zero-order chi connectivity index (χ0) is 12.5. The fourth-order valence-electron chi connectivity index (χ4n) is 2.29. The highest BCUT2D eigenvalue weighted by molar-refractivity contribution is 5.85. The summed E-state index contributed by atoms with van der Waals surface area (Å²) in [5, 5.41) is 6.41. The number of rotatable bonds is 8. The Bertz CT molecular complexity index is 220. The van der Waals surface area contributed by atoms with Gasteiger partial charge in [-0.2, -0.15) is 0 Å². The zero-order valence-corrected chi connectivity index (χ0v) is 13.7. The second kappa shape index (κ2) is 13.0. The Kier molecular flexibility index (Phi) is 14.5. The average Bonchev–Trinajstić information content (AvgIpc) is 2.85. The first kappa shape index (κ1) is 21.3. The molecule has 0 saturated carbocycles. The number of hydrogen-bond acceptors (Lipinski definition) is 3. The second-order valence-corrected chi connectivity index (χ2v) is 4.71. The maximum absolute atomic E-state index is 11.6. The zero-order valence-electron chi connectivity index (χ0n) is 12.1. The van der Waals surface area contributed by atoms with E-state index in [1.165, 1.54) is 12.8 Å². The molecule has 0 aliphatic carbocycles. The molecule has 0 aromatic rings. The molecule has 1 rings (SSSR count). The minimum absolute atomic E-state index is 0. The number of amides is 1. The molecule has 1 aliphatic rings. The Hall–Kier alpha value is -0.0300. The van der Waals surface area contributed by atoms with Crippen molar-refractivity contribution >= 4 is 30.7 Å². The molecule has 0 bridgehead atoms. The topological polar surface area (TPSA) is 44.4 Å². The summed E-state index contributed by atoms with van der Waals surface area (Å²) in [5.74, 6) is 0.200. The van der Waals surface area contributed by atoms with Crippen LogP contribution in [-0.4, -0.2) is 49.6 Å². The molecule has 2 N–H and O–H groups in total. The molecule has 4 nitrogen and oxygen atoms in total. The molecule has 1 unspecified atom stereocenters. The van der Waals surface area contributed by atoms with E-state index in [2.05, 4.69) is 29.4 Å². The molecule has 1 fully saturated rings. The lowest BCUT2D eigenvalue weighted by atomic mass is 10.1. The van der Waals surface area contributed by atoms with Crippen molar-refractivity contribution in [3.8, 4) is 0 Å². The van der Waals surface area contributed by atoms with Crippen LogP contribution in [0.4, 0.5) is 0 Å². The SMILES string of the molecule is CCN(CC)CCNC(=O)CCC1CCCN1.Cl.Cl. The summed E-state index contributed by atoms with van der Waals surface area (Å²) in [5.41, 5.74) is 0. The Labute approximate surface area is 129 Å². The van der Waals surface area contributed by atoms with Crippen LogP contribution in [0, 0.1) is 0 Å². The maximum Gasteiger partial charge on any atom is 0.220 e. The van der Waals surface area contributed by atoms with Crippen LogP contribution in [0.25, 0.3) is 0 Å². The molecule has 0 radical (unpaired) electrons. The molecule has 0 aromatic carbocycles. The lowest BCUT2D eigenvalue weighted by Crippen LogP contribution is -2.35. The molecule has 1 saturated heterocycles. The molecule has 1 aliphatic heterocycles. The van der Waals surface area contributed by atoms with Gasteiger partial charge in [0.2, 0.25) is 5.91 Å². The van der Waals surface area contributed by atoms with Crippen LogP contribution >= 0.6 is 24.8 Å². The summed E-state index contributed by atoms with van der Waals surface area (Å²) in [4.78, 5) is 13.9. The lowest BCUT2D eigenvalue weighted by Gasteiger charge is -2.18. The predicted molar refractivity (Wildman–Crippen MR) is 85.6 cm³/mol. The number of nitrogens with zero attached hydrogens (tertiary/aromatic N) is 1. The molecule has 0 aromatic heterocycles. The third-order valence-corrected chi connectivity index (χ3v) is 3.53. The van der Waals surface area contributed by atoms with Crippen LogP contribution in [0.3, 0.4) is 0 Å². The Morgan fingerprint density at radius 3 is 2.53 bits per heavy atom. The van der Waals surface area contributed by atoms with Crippen molar-refractivity contribution in [1.82, 2.24) is 15.5 Å². The van der Waals surface area contributed by atoms with Crippen LogP contribution in [0.5, 0.6) is 0 Å². The van der Waals surface area contributed by atoms with Gasteiger partial charge in [0.15, 0.2) is 0 Å². The van der Waals surface area contributed by atoms with Crippen LogP contribution in [0.2, 0.25) is 0 Å². The van der Waals surface area contributed by atoms with Crippen molar-refractivity contribution in [2.45, 2.75) is 45.6 Å². The van der Waals surface area contributed by atoms with Gasteiger partial charge in [0.1, 0.15) is 0 Å². The van der Waals surface area contributed by atoms with E-state index in [9.17, 15) is 4.79 Å². The number of carbonyl (C=O) groups excluding carboxylic acids is 1. The van der Waals surface area contributed by atoms with Gasteiger partial charge in [0.25, 0.3) is 0 Å². The van der Waals surface area contributed by atoms with E-state index < -0.39 is 0 Å². The van der Waals surface area contributed by atoms with Crippen LogP contribution < -0.4 is 10.6 Å². The minimum atomic E-state index is 0. The summed E-state index contributed by atoms with van der Waals surface area (Å²) in [7, 11) is 0. The molecular weight excluding hydrogens is 285 g/mol. The van der Waals surface area contributed by atoms with E-state index in [1.54, 1.807) is 0 Å². The first-order valence-electron chi connectivity index (χ1n) is 6.98. The van der Waals surface area contributed by atoms with Crippen molar-refractivity contribution in [2.75, 3.05) is 32.7 Å². The monoisotopic (exact) mass is 313 g/mol. The molecule has 19 heavy (non-hydrogen) atoms. The summed E-state index contributed by atoms with van der Waals surface area (Å²) in [6.07, 6.45) is 4.13. The first-order chi connectivity index (χ1) is 8.26. The fraction of sp³-hybridized carbons (Fsp3) is 0.923. The molecule has 0 spiro atoms. The van der Waals surface area contributed by atoms with E-state index in [1.807, 2.05) is 0 Å². The number of carbonyl (C=O) groups is 1. The third-order valence-electron chi connectivity index (χ3n) is 3.53. The van der Waals surface area contributed by atoms with Crippen molar-refractivity contribution in [3.05, 3.63) is 0 Å². The van der Waals surface area contributed by atoms with E-state index in [-0.39, 0.29) is 30.7 Å². The fourth-order valence-corrected chi connectivity index (χ4v) is 2.29. The van der Waals surface area contributed by atoms with Gasteiger partial charge in [-0.25, -0.2) is 0 Å². The van der Waals surface area contributed by atoms with Gasteiger partial charge in [0.05, 0.1) is 0 Å². The lowest BCUT2D eigenvalue weighted by molar-refractivity contribution is -0.121. The minimum Gasteiger partial charge on any atom is -0.355 e. The molecule has 1 heterocycles. The van der Waals surface area contributed by atoms with E-state index in [0.717, 1.165) is 39.1 Å². The van der Waals surface area contributed by atoms with Crippen molar-refractivity contribution in [2.24, 2.45) is 0 Å². The van der Waals surface area contributed by atoms with Gasteiger partial charge < -0.3 is 15.5 Å². The smallest absolute Gasteiger partial charge is 0.220 e. The van der Waals surface area contributed by atoms with E-state index in [4.69, 9.17) is 0 Å². The summed E-state index contributed by atoms with van der Waals surface area (Å²) < 4.78 is 0. The Balaban J connectivity index is 0. The standard InChI is InChI=1S/C13H27N3O.2ClH/c1-3-16(4-2)11-10-15-13(17)8-7-12-6-5-9-14-12;;/h12,14H,3-11H2,1-2H3,(H,15,17);2*1H. The van der Waals surface area contributed by atoms with Gasteiger partial charge >= 0.3 is 0 Å². The van der Waals surface area contributed by atoms with Gasteiger partial charge in [0, 0.05) is 25.6 Å². The average molecular weight is 314 g/mol. The second-order valence-electron chi connectivity index (χ2n) is 4.71.